The predicted molar refractivity (Wildman–Crippen MR) is 44.2 cm³/mol. The van der Waals surface area contributed by atoms with Gasteiger partial charge in [0.05, 0.1) is 12.7 Å². The van der Waals surface area contributed by atoms with Crippen LogP contribution in [-0.2, 0) is 9.53 Å². The maximum atomic E-state index is 10.8. The van der Waals surface area contributed by atoms with E-state index in [4.69, 9.17) is 0 Å². The van der Waals surface area contributed by atoms with E-state index in [0.29, 0.717) is 5.57 Å². The van der Waals surface area contributed by atoms with Crippen molar-refractivity contribution in [3.8, 4) is 0 Å². The molecule has 0 aromatic heterocycles. The number of carbonyl (C=O) groups excluding carboxylic acids is 1. The van der Waals surface area contributed by atoms with Gasteiger partial charge >= 0.3 is 5.97 Å². The zero-order chi connectivity index (χ0) is 8.69. The Morgan fingerprint density at radius 1 is 1.64 bits per heavy atom. The Morgan fingerprint density at radius 3 is 2.73 bits per heavy atom. The van der Waals surface area contributed by atoms with E-state index in [1.807, 2.05) is 6.08 Å². The number of ether oxygens (including phenoxy) is 1. The third kappa shape index (κ3) is 4.40. The van der Waals surface area contributed by atoms with E-state index in [-0.39, 0.29) is 5.97 Å². The fraction of sp³-hybridized carbons (Fsp3) is 0.556. The number of unbranched alkanes of at least 4 members (excludes halogenated alkanes) is 1. The van der Waals surface area contributed by atoms with Gasteiger partial charge in [0.2, 0.25) is 0 Å². The highest BCUT2D eigenvalue weighted by molar-refractivity contribution is 5.87. The second-order valence-corrected chi connectivity index (χ2v) is 2.25. The highest BCUT2D eigenvalue weighted by Crippen LogP contribution is 1.94. The molecule has 2 nitrogen and oxygen atoms in total. The molecule has 0 heterocycles. The molecular formula is C9H14O2. The van der Waals surface area contributed by atoms with Crippen molar-refractivity contribution in [2.45, 2.75) is 26.7 Å². The molecule has 0 fully saturated rings. The molecule has 0 N–H and O–H groups in total. The summed E-state index contributed by atoms with van der Waals surface area (Å²) < 4.78 is 4.48. The molecule has 0 rings (SSSR count). The lowest BCUT2D eigenvalue weighted by Gasteiger charge is -1.92. The Balaban J connectivity index is 4.09. The van der Waals surface area contributed by atoms with Gasteiger partial charge in [-0.3, -0.25) is 0 Å². The fourth-order valence-corrected chi connectivity index (χ4v) is 0.582. The number of methoxy groups -OCH3 is 1. The first-order valence-corrected chi connectivity index (χ1v) is 3.72. The summed E-state index contributed by atoms with van der Waals surface area (Å²) in [6.45, 7) is 3.77. The average molecular weight is 154 g/mol. The maximum absolute atomic E-state index is 10.8. The smallest absolute Gasteiger partial charge is 0.341 e. The molecule has 0 amide bonds. The summed E-state index contributed by atoms with van der Waals surface area (Å²) in [6.07, 6.45) is 3.88. The molecule has 0 bridgehead atoms. The highest BCUT2D eigenvalue weighted by atomic mass is 16.5. The average Bonchev–Trinajstić information content (AvgIpc) is 2.03. The minimum Gasteiger partial charge on any atom is -0.465 e. The van der Waals surface area contributed by atoms with Crippen LogP contribution < -0.4 is 0 Å². The molecule has 0 aliphatic heterocycles. The third-order valence-electron chi connectivity index (χ3n) is 1.24. The van der Waals surface area contributed by atoms with Crippen molar-refractivity contribution in [1.82, 2.24) is 0 Å². The van der Waals surface area contributed by atoms with Crippen LogP contribution in [0.25, 0.3) is 0 Å². The molecule has 0 saturated carbocycles. The van der Waals surface area contributed by atoms with Crippen molar-refractivity contribution in [2.75, 3.05) is 7.11 Å². The van der Waals surface area contributed by atoms with E-state index < -0.39 is 0 Å². The zero-order valence-corrected chi connectivity index (χ0v) is 7.31. The normalized spacial score (nSPS) is 8.27. The molecule has 0 aliphatic carbocycles. The fourth-order valence-electron chi connectivity index (χ4n) is 0.582. The van der Waals surface area contributed by atoms with Crippen molar-refractivity contribution in [2.24, 2.45) is 0 Å². The summed E-state index contributed by atoms with van der Waals surface area (Å²) in [5, 5.41) is 0. The van der Waals surface area contributed by atoms with Crippen LogP contribution in [0.1, 0.15) is 26.7 Å². The van der Waals surface area contributed by atoms with E-state index in [1.165, 1.54) is 7.11 Å². The van der Waals surface area contributed by atoms with Gasteiger partial charge in [0.15, 0.2) is 0 Å². The van der Waals surface area contributed by atoms with Gasteiger partial charge in [-0.05, 0) is 19.4 Å². The molecule has 2 heteroatoms. The number of hydrogen-bond donors (Lipinski definition) is 0. The molecule has 0 aromatic carbocycles. The summed E-state index contributed by atoms with van der Waals surface area (Å²) in [7, 11) is 1.37. The Bertz CT molecular complexity index is 186. The van der Waals surface area contributed by atoms with Crippen LogP contribution in [0.15, 0.2) is 17.4 Å². The lowest BCUT2D eigenvalue weighted by atomic mass is 10.3. The topological polar surface area (TPSA) is 26.3 Å². The van der Waals surface area contributed by atoms with E-state index in [9.17, 15) is 4.79 Å². The van der Waals surface area contributed by atoms with Gasteiger partial charge in [-0.25, -0.2) is 4.79 Å². The number of hydrogen-bond acceptors (Lipinski definition) is 2. The van der Waals surface area contributed by atoms with Crippen LogP contribution in [0.5, 0.6) is 0 Å². The van der Waals surface area contributed by atoms with Crippen LogP contribution in [0.2, 0.25) is 0 Å². The van der Waals surface area contributed by atoms with Crippen molar-refractivity contribution < 1.29 is 9.53 Å². The summed E-state index contributed by atoms with van der Waals surface area (Å²) in [6, 6.07) is 0. The Morgan fingerprint density at radius 2 is 2.27 bits per heavy atom. The third-order valence-corrected chi connectivity index (χ3v) is 1.24. The maximum Gasteiger partial charge on any atom is 0.341 e. The summed E-state index contributed by atoms with van der Waals surface area (Å²) in [4.78, 5) is 10.8. The first-order valence-electron chi connectivity index (χ1n) is 3.72. The number of rotatable bonds is 3. The van der Waals surface area contributed by atoms with Gasteiger partial charge in [-0.2, -0.15) is 0 Å². The first-order chi connectivity index (χ1) is 5.22. The van der Waals surface area contributed by atoms with Crippen molar-refractivity contribution >= 4 is 5.97 Å². The van der Waals surface area contributed by atoms with Gasteiger partial charge in [-0.1, -0.05) is 13.3 Å². The molecule has 0 radical (unpaired) electrons. The highest BCUT2D eigenvalue weighted by Gasteiger charge is 1.99. The quantitative estimate of drug-likeness (QED) is 0.353. The molecule has 0 unspecified atom stereocenters. The zero-order valence-electron chi connectivity index (χ0n) is 7.31. The SMILES string of the molecule is CCCC=C=C(C)C(=O)OC. The van der Waals surface area contributed by atoms with E-state index in [2.05, 4.69) is 17.4 Å². The molecule has 0 saturated heterocycles. The van der Waals surface area contributed by atoms with Crippen molar-refractivity contribution in [3.63, 3.8) is 0 Å². The monoisotopic (exact) mass is 154 g/mol. The van der Waals surface area contributed by atoms with Crippen molar-refractivity contribution in [3.05, 3.63) is 17.4 Å². The largest absolute Gasteiger partial charge is 0.465 e. The molecule has 0 spiro atoms. The lowest BCUT2D eigenvalue weighted by molar-refractivity contribution is -0.136. The molecule has 11 heavy (non-hydrogen) atoms. The Hall–Kier alpha value is -1.01. The molecular weight excluding hydrogens is 140 g/mol. The van der Waals surface area contributed by atoms with Gasteiger partial charge in [0.25, 0.3) is 0 Å². The van der Waals surface area contributed by atoms with E-state index in [1.54, 1.807) is 6.92 Å². The molecule has 62 valence electrons. The Kier molecular flexibility index (Phi) is 5.22. The molecule has 0 atom stereocenters. The van der Waals surface area contributed by atoms with Gasteiger partial charge in [0.1, 0.15) is 0 Å². The van der Waals surface area contributed by atoms with Gasteiger partial charge in [-0.15, -0.1) is 5.73 Å². The van der Waals surface area contributed by atoms with Gasteiger partial charge < -0.3 is 4.74 Å². The van der Waals surface area contributed by atoms with Crippen LogP contribution in [0, 0.1) is 0 Å². The van der Waals surface area contributed by atoms with Crippen molar-refractivity contribution in [1.29, 1.82) is 0 Å². The Labute approximate surface area is 67.6 Å². The van der Waals surface area contributed by atoms with E-state index in [0.717, 1.165) is 12.8 Å². The van der Waals surface area contributed by atoms with Crippen LogP contribution >= 0.6 is 0 Å². The summed E-state index contributed by atoms with van der Waals surface area (Å²) in [5.41, 5.74) is 3.38. The number of carbonyl (C=O) groups is 1. The molecule has 0 aromatic rings. The minimum absolute atomic E-state index is 0.308. The summed E-state index contributed by atoms with van der Waals surface area (Å²) >= 11 is 0. The standard InChI is InChI=1S/C9H14O2/c1-4-5-6-7-8(2)9(10)11-3/h6H,4-5H2,1-3H3. The van der Waals surface area contributed by atoms with E-state index >= 15 is 0 Å². The van der Waals surface area contributed by atoms with Crippen LogP contribution in [-0.4, -0.2) is 13.1 Å². The second-order valence-electron chi connectivity index (χ2n) is 2.25. The summed E-state index contributed by atoms with van der Waals surface area (Å²) in [5.74, 6) is -0.308. The lowest BCUT2D eigenvalue weighted by Crippen LogP contribution is -1.99. The first kappa shape index (κ1) is 9.99. The molecule has 0 aliphatic rings. The predicted octanol–water partition coefficient (Wildman–Crippen LogP) is 2.06. The number of esters is 1. The second kappa shape index (κ2) is 5.75. The minimum atomic E-state index is -0.308. The van der Waals surface area contributed by atoms with Crippen LogP contribution in [0.3, 0.4) is 0 Å². The van der Waals surface area contributed by atoms with Crippen LogP contribution in [0.4, 0.5) is 0 Å². The van der Waals surface area contributed by atoms with Gasteiger partial charge in [0, 0.05) is 0 Å².